The van der Waals surface area contributed by atoms with Crippen LogP contribution in [0.3, 0.4) is 0 Å². The summed E-state index contributed by atoms with van der Waals surface area (Å²) in [4.78, 5) is 11.3. The van der Waals surface area contributed by atoms with Crippen molar-refractivity contribution in [3.8, 4) is 0 Å². The lowest BCUT2D eigenvalue weighted by molar-refractivity contribution is -0.336. The molecule has 2 aliphatic rings. The number of ether oxygens (including phenoxy) is 4. The van der Waals surface area contributed by atoms with Gasteiger partial charge in [0.05, 0.1) is 18.8 Å². The summed E-state index contributed by atoms with van der Waals surface area (Å²) in [5.74, 6) is -0.919. The van der Waals surface area contributed by atoms with Crippen molar-refractivity contribution in [2.24, 2.45) is 0 Å². The van der Waals surface area contributed by atoms with E-state index in [9.17, 15) is 4.79 Å². The van der Waals surface area contributed by atoms with Crippen LogP contribution in [0.4, 0.5) is 0 Å². The lowest BCUT2D eigenvalue weighted by Gasteiger charge is -2.47. The number of fused-ring (bicyclic) bond motifs is 1. The Labute approximate surface area is 133 Å². The fraction of sp³-hybridized carbons (Fsp3) is 0.786. The predicted molar refractivity (Wildman–Crippen MR) is 81.5 cm³/mol. The van der Waals surface area contributed by atoms with Gasteiger partial charge < -0.3 is 18.9 Å². The highest BCUT2D eigenvalue weighted by Gasteiger charge is 2.46. The fourth-order valence-corrected chi connectivity index (χ4v) is 3.05. The Morgan fingerprint density at radius 1 is 1.45 bits per heavy atom. The molecule has 0 unspecified atom stereocenters. The standard InChI is InChI=1S/C14H21IO5/c1-8(15)5-10-11(18-9(2)16)6-12-13(19-10)7-17-14(3,4)20-12/h10-13H,1,5-7H2,2-4H3/t10-,11+,12-,13+/m0/s1. The maximum Gasteiger partial charge on any atom is 0.302 e. The number of hydrogen-bond donors (Lipinski definition) is 0. The Morgan fingerprint density at radius 2 is 2.15 bits per heavy atom. The molecular formula is C14H21IO5. The Bertz CT molecular complexity index is 395. The number of rotatable bonds is 3. The maximum atomic E-state index is 11.3. The van der Waals surface area contributed by atoms with Gasteiger partial charge in [-0.1, -0.05) is 6.58 Å². The topological polar surface area (TPSA) is 54.0 Å². The average molecular weight is 396 g/mol. The third-order valence-electron chi connectivity index (χ3n) is 3.41. The Morgan fingerprint density at radius 3 is 2.75 bits per heavy atom. The molecule has 4 atom stereocenters. The van der Waals surface area contributed by atoms with Crippen LogP contribution in [0.15, 0.2) is 10.2 Å². The fourth-order valence-electron chi connectivity index (χ4n) is 2.62. The summed E-state index contributed by atoms with van der Waals surface area (Å²) in [6, 6.07) is 0. The van der Waals surface area contributed by atoms with E-state index in [0.29, 0.717) is 19.4 Å². The van der Waals surface area contributed by atoms with Crippen molar-refractivity contribution in [3.63, 3.8) is 0 Å². The molecule has 6 heteroatoms. The summed E-state index contributed by atoms with van der Waals surface area (Å²) in [5.41, 5.74) is 0. The molecule has 114 valence electrons. The minimum atomic E-state index is -0.620. The van der Waals surface area contributed by atoms with Gasteiger partial charge in [-0.05, 0) is 40.0 Å². The van der Waals surface area contributed by atoms with Gasteiger partial charge in [-0.3, -0.25) is 4.79 Å². The first-order valence-electron chi connectivity index (χ1n) is 6.74. The van der Waals surface area contributed by atoms with Gasteiger partial charge in [-0.2, -0.15) is 0 Å². The van der Waals surface area contributed by atoms with E-state index < -0.39 is 5.79 Å². The van der Waals surface area contributed by atoms with Crippen molar-refractivity contribution >= 4 is 28.6 Å². The molecule has 2 fully saturated rings. The summed E-state index contributed by atoms with van der Waals surface area (Å²) in [7, 11) is 0. The van der Waals surface area contributed by atoms with E-state index in [0.717, 1.165) is 3.58 Å². The monoisotopic (exact) mass is 396 g/mol. The van der Waals surface area contributed by atoms with Crippen LogP contribution in [0.5, 0.6) is 0 Å². The molecule has 2 saturated heterocycles. The van der Waals surface area contributed by atoms with Gasteiger partial charge in [0.15, 0.2) is 5.79 Å². The van der Waals surface area contributed by atoms with E-state index >= 15 is 0 Å². The van der Waals surface area contributed by atoms with E-state index in [2.05, 4.69) is 29.2 Å². The lowest BCUT2D eigenvalue weighted by atomic mass is 9.95. The third-order valence-corrected chi connectivity index (χ3v) is 3.85. The summed E-state index contributed by atoms with van der Waals surface area (Å²) < 4.78 is 23.9. The molecule has 0 N–H and O–H groups in total. The highest BCUT2D eigenvalue weighted by atomic mass is 127. The van der Waals surface area contributed by atoms with E-state index in [4.69, 9.17) is 18.9 Å². The maximum absolute atomic E-state index is 11.3. The van der Waals surface area contributed by atoms with Gasteiger partial charge in [0.25, 0.3) is 0 Å². The van der Waals surface area contributed by atoms with E-state index in [-0.39, 0.29) is 30.4 Å². The summed E-state index contributed by atoms with van der Waals surface area (Å²) in [6.07, 6.45) is 0.584. The normalized spacial score (nSPS) is 36.0. The van der Waals surface area contributed by atoms with Crippen LogP contribution < -0.4 is 0 Å². The smallest absolute Gasteiger partial charge is 0.302 e. The van der Waals surface area contributed by atoms with Gasteiger partial charge in [-0.25, -0.2) is 0 Å². The Kier molecular flexibility index (Phi) is 5.09. The van der Waals surface area contributed by atoms with Crippen molar-refractivity contribution in [2.45, 2.75) is 63.8 Å². The van der Waals surface area contributed by atoms with Gasteiger partial charge in [-0.15, -0.1) is 0 Å². The first-order chi connectivity index (χ1) is 9.27. The van der Waals surface area contributed by atoms with Crippen LogP contribution >= 0.6 is 22.6 Å². The summed E-state index contributed by atoms with van der Waals surface area (Å²) in [6.45, 7) is 9.56. The zero-order valence-electron chi connectivity index (χ0n) is 12.1. The minimum Gasteiger partial charge on any atom is -0.460 e. The average Bonchev–Trinajstić information content (AvgIpc) is 2.28. The Balaban J connectivity index is 2.08. The quantitative estimate of drug-likeness (QED) is 0.542. The number of halogens is 1. The molecule has 0 bridgehead atoms. The number of carbonyl (C=O) groups excluding carboxylic acids is 1. The second-order valence-corrected chi connectivity index (χ2v) is 7.21. The van der Waals surface area contributed by atoms with Crippen molar-refractivity contribution in [2.75, 3.05) is 6.61 Å². The number of carbonyl (C=O) groups is 1. The third kappa shape index (κ3) is 4.16. The molecule has 2 rings (SSSR count). The van der Waals surface area contributed by atoms with E-state index in [1.165, 1.54) is 6.92 Å². The highest BCUT2D eigenvalue weighted by Crippen LogP contribution is 2.35. The number of hydrogen-bond acceptors (Lipinski definition) is 5. The second kappa shape index (κ2) is 6.29. The van der Waals surface area contributed by atoms with Crippen LogP contribution in [-0.4, -0.2) is 42.8 Å². The minimum absolute atomic E-state index is 0.109. The van der Waals surface area contributed by atoms with Crippen LogP contribution in [0.25, 0.3) is 0 Å². The van der Waals surface area contributed by atoms with Gasteiger partial charge in [0, 0.05) is 19.8 Å². The first kappa shape index (κ1) is 16.2. The van der Waals surface area contributed by atoms with Gasteiger partial charge >= 0.3 is 5.97 Å². The van der Waals surface area contributed by atoms with Crippen LogP contribution in [0, 0.1) is 0 Å². The SMILES string of the molecule is C=C(I)C[C@@H]1O[C@@H]2COC(C)(C)O[C@H]2C[C@H]1OC(C)=O. The zero-order chi connectivity index (χ0) is 14.9. The molecule has 0 spiro atoms. The largest absolute Gasteiger partial charge is 0.460 e. The highest BCUT2D eigenvalue weighted by molar-refractivity contribution is 14.1. The molecule has 0 amide bonds. The van der Waals surface area contributed by atoms with Crippen LogP contribution in [0.2, 0.25) is 0 Å². The van der Waals surface area contributed by atoms with Gasteiger partial charge in [0.2, 0.25) is 0 Å². The number of esters is 1. The summed E-state index contributed by atoms with van der Waals surface area (Å²) >= 11 is 2.16. The second-order valence-electron chi connectivity index (χ2n) is 5.69. The van der Waals surface area contributed by atoms with Crippen molar-refractivity contribution in [1.29, 1.82) is 0 Å². The molecule has 5 nitrogen and oxygen atoms in total. The predicted octanol–water partition coefficient (Wildman–Crippen LogP) is 2.57. The molecule has 0 aromatic carbocycles. The molecule has 2 aliphatic heterocycles. The lowest BCUT2D eigenvalue weighted by Crippen LogP contribution is -2.57. The molecule has 0 saturated carbocycles. The molecule has 0 aromatic rings. The van der Waals surface area contributed by atoms with Crippen LogP contribution in [-0.2, 0) is 23.7 Å². The van der Waals surface area contributed by atoms with Gasteiger partial charge in [0.1, 0.15) is 12.2 Å². The van der Waals surface area contributed by atoms with E-state index in [1.807, 2.05) is 13.8 Å². The zero-order valence-corrected chi connectivity index (χ0v) is 14.2. The molecular weight excluding hydrogens is 375 g/mol. The van der Waals surface area contributed by atoms with Crippen molar-refractivity contribution < 1.29 is 23.7 Å². The van der Waals surface area contributed by atoms with E-state index in [1.54, 1.807) is 0 Å². The molecule has 0 radical (unpaired) electrons. The van der Waals surface area contributed by atoms with Crippen molar-refractivity contribution in [1.82, 2.24) is 0 Å². The van der Waals surface area contributed by atoms with Crippen LogP contribution in [0.1, 0.15) is 33.6 Å². The first-order valence-corrected chi connectivity index (χ1v) is 7.82. The Hall–Kier alpha value is -0.180. The molecule has 20 heavy (non-hydrogen) atoms. The molecule has 0 aliphatic carbocycles. The summed E-state index contributed by atoms with van der Waals surface area (Å²) in [5, 5.41) is 0. The van der Waals surface area contributed by atoms with Crippen molar-refractivity contribution in [3.05, 3.63) is 10.2 Å². The molecule has 2 heterocycles. The molecule has 0 aromatic heterocycles.